The molecule has 0 bridgehead atoms. The molecule has 1 aromatic rings. The number of hydrogen-bond acceptors (Lipinski definition) is 14. The highest BCUT2D eigenvalue weighted by atomic mass is 16.6. The van der Waals surface area contributed by atoms with Gasteiger partial charge in [-0.3, -0.25) is 15.2 Å². The minimum absolute atomic E-state index is 0.0106. The summed E-state index contributed by atoms with van der Waals surface area (Å²) in [4.78, 5) is 96.4. The van der Waals surface area contributed by atoms with Crippen molar-refractivity contribution in [1.29, 1.82) is 0 Å². The molecule has 0 fully saturated rings. The fourth-order valence-electron chi connectivity index (χ4n) is 6.49. The van der Waals surface area contributed by atoms with Gasteiger partial charge in [-0.1, -0.05) is 32.1 Å². The third-order valence-corrected chi connectivity index (χ3v) is 9.23. The lowest BCUT2D eigenvalue weighted by atomic mass is 10.1. The average molecular weight is 1050 g/mol. The Labute approximate surface area is 439 Å². The molecule has 21 nitrogen and oxygen atoms in total. The van der Waals surface area contributed by atoms with Gasteiger partial charge in [0.15, 0.2) is 0 Å². The van der Waals surface area contributed by atoms with Crippen molar-refractivity contribution in [2.75, 3.05) is 39.3 Å². The molecule has 2 rings (SSSR count). The summed E-state index contributed by atoms with van der Waals surface area (Å²) in [6.07, 6.45) is 0.883. The lowest BCUT2D eigenvalue weighted by molar-refractivity contribution is 0.0257. The minimum Gasteiger partial charge on any atom is -0.492 e. The van der Waals surface area contributed by atoms with E-state index in [1.165, 1.54) is 4.90 Å². The van der Waals surface area contributed by atoms with Crippen LogP contribution in [0.15, 0.2) is 39.2 Å². The second-order valence-electron chi connectivity index (χ2n) is 23.7. The van der Waals surface area contributed by atoms with Crippen molar-refractivity contribution >= 4 is 54.3 Å². The zero-order valence-corrected chi connectivity index (χ0v) is 47.7. The second kappa shape index (κ2) is 27.9. The van der Waals surface area contributed by atoms with Gasteiger partial charge in [-0.15, -0.1) is 9.98 Å². The molecule has 1 aliphatic heterocycles. The van der Waals surface area contributed by atoms with E-state index >= 15 is 0 Å². The number of nitrogens with zero attached hydrogens (tertiary/aromatic N) is 6. The first-order valence-corrected chi connectivity index (χ1v) is 25.6. The van der Waals surface area contributed by atoms with Crippen molar-refractivity contribution in [3.05, 3.63) is 29.8 Å². The van der Waals surface area contributed by atoms with Crippen LogP contribution in [0.1, 0.15) is 182 Å². The van der Waals surface area contributed by atoms with Gasteiger partial charge in [0.2, 0.25) is 11.9 Å². The number of nitrogens with one attached hydrogen (secondary N) is 2. The van der Waals surface area contributed by atoms with Gasteiger partial charge in [0.1, 0.15) is 51.8 Å². The Morgan fingerprint density at radius 3 is 1.53 bits per heavy atom. The van der Waals surface area contributed by atoms with E-state index in [0.717, 1.165) is 35.5 Å². The van der Waals surface area contributed by atoms with E-state index in [9.17, 15) is 28.8 Å². The summed E-state index contributed by atoms with van der Waals surface area (Å²) in [5.41, 5.74) is -4.47. The maximum atomic E-state index is 14.2. The molecular weight excluding hydrogens is 957 g/mol. The molecule has 74 heavy (non-hydrogen) atoms. The number of guanidine groups is 2. The summed E-state index contributed by atoms with van der Waals surface area (Å²) in [6, 6.07) is 6.97. The molecule has 21 heteroatoms. The van der Waals surface area contributed by atoms with Crippen molar-refractivity contribution in [2.45, 2.75) is 210 Å². The number of ether oxygens (including phenoxy) is 7. The molecule has 0 atom stereocenters. The standard InChI is InChI=1S/C53H88N8O13/c1-48(2,3)69-42(62)56-40(57-43(63)70-49(4,5)6)55-31-24-22-20-19-21-23-25-33-60(46(66)73-52(13,14)15)41(58-44(64)71-50(7,8)9)61(47(67)74-53(16,17)18)35-36-68-38-29-27-37(28-30-38)39-54-32-26-34-59(39)45(65)72-51(10,11)12/h27-30H,19-26,31-36H2,1-18H3,(H2,55,56,57,62,63)/b58-41+. The molecule has 0 saturated carbocycles. The first kappa shape index (κ1) is 64.0. The fourth-order valence-corrected chi connectivity index (χ4v) is 6.49. The predicted octanol–water partition coefficient (Wildman–Crippen LogP) is 11.4. The van der Waals surface area contributed by atoms with E-state index in [2.05, 4.69) is 25.6 Å². The fraction of sp³-hybridized carbons (Fsp3) is 0.717. The summed E-state index contributed by atoms with van der Waals surface area (Å²) in [5.74, 6) is 0.470. The highest BCUT2D eigenvalue weighted by Crippen LogP contribution is 2.22. The van der Waals surface area contributed by atoms with E-state index in [1.807, 2.05) is 0 Å². The number of rotatable bonds is 15. The van der Waals surface area contributed by atoms with Crippen LogP contribution in [0.25, 0.3) is 0 Å². The highest BCUT2D eigenvalue weighted by Gasteiger charge is 2.36. The Balaban J connectivity index is 2.30. The van der Waals surface area contributed by atoms with Crippen molar-refractivity contribution < 1.29 is 61.9 Å². The van der Waals surface area contributed by atoms with Gasteiger partial charge >= 0.3 is 36.6 Å². The lowest BCUT2D eigenvalue weighted by Crippen LogP contribution is -2.53. The number of carbonyl (C=O) groups excluding carboxylic acids is 6. The molecular formula is C53H88N8O13. The summed E-state index contributed by atoms with van der Waals surface area (Å²) in [6.45, 7) is 32.0. The van der Waals surface area contributed by atoms with Crippen LogP contribution < -0.4 is 15.4 Å². The molecule has 0 aliphatic carbocycles. The summed E-state index contributed by atoms with van der Waals surface area (Å²) in [7, 11) is 0. The van der Waals surface area contributed by atoms with Gasteiger partial charge in [0.25, 0.3) is 0 Å². The predicted molar refractivity (Wildman–Crippen MR) is 284 cm³/mol. The highest BCUT2D eigenvalue weighted by molar-refractivity contribution is 6.07. The maximum absolute atomic E-state index is 14.2. The number of aliphatic imine (C=N–C) groups is 3. The van der Waals surface area contributed by atoms with Crippen LogP contribution in [0, 0.1) is 0 Å². The quantitative estimate of drug-likeness (QED) is 0.0719. The van der Waals surface area contributed by atoms with E-state index in [-0.39, 0.29) is 31.6 Å². The summed E-state index contributed by atoms with van der Waals surface area (Å²) in [5, 5.41) is 5.48. The lowest BCUT2D eigenvalue weighted by Gasteiger charge is -2.34. The van der Waals surface area contributed by atoms with Gasteiger partial charge in [-0.25, -0.2) is 38.6 Å². The van der Waals surface area contributed by atoms with Gasteiger partial charge in [-0.05, 0) is 168 Å². The molecule has 418 valence electrons. The van der Waals surface area contributed by atoms with Crippen LogP contribution >= 0.6 is 0 Å². The number of benzene rings is 1. The number of unbranched alkanes of at least 4 members (excludes halogenated alkanes) is 6. The molecule has 0 unspecified atom stereocenters. The first-order chi connectivity index (χ1) is 33.9. The molecule has 6 amide bonds. The Hall–Kier alpha value is -6.15. The number of amides is 6. The Kier molecular flexibility index (Phi) is 24.2. The Morgan fingerprint density at radius 1 is 0.568 bits per heavy atom. The van der Waals surface area contributed by atoms with Gasteiger partial charge < -0.3 is 38.5 Å². The monoisotopic (exact) mass is 1040 g/mol. The van der Waals surface area contributed by atoms with Gasteiger partial charge in [0, 0.05) is 31.7 Å². The average Bonchev–Trinajstić information content (AvgIpc) is 3.20. The molecule has 0 saturated heterocycles. The van der Waals surface area contributed by atoms with Crippen LogP contribution in [-0.2, 0) is 28.4 Å². The molecule has 0 radical (unpaired) electrons. The largest absolute Gasteiger partial charge is 0.492 e. The minimum atomic E-state index is -1.05. The van der Waals surface area contributed by atoms with E-state index in [1.54, 1.807) is 149 Å². The van der Waals surface area contributed by atoms with Crippen molar-refractivity contribution in [1.82, 2.24) is 25.3 Å². The molecule has 1 aliphatic rings. The zero-order valence-electron chi connectivity index (χ0n) is 47.7. The maximum Gasteiger partial charge on any atom is 0.437 e. The third kappa shape index (κ3) is 27.8. The number of alkyl carbamates (subject to hydrolysis) is 1. The topological polar surface area (TPSA) is 238 Å². The van der Waals surface area contributed by atoms with Crippen LogP contribution in [-0.4, -0.2) is 142 Å². The molecule has 0 aromatic heterocycles. The number of amidine groups is 1. The van der Waals surface area contributed by atoms with Crippen molar-refractivity contribution in [2.24, 2.45) is 15.0 Å². The SMILES string of the molecule is CC(C)(C)OC(=O)/N=C(\NCCCCCCCCCN(C(=O)OC(C)(C)C)/C(=N\C(=O)OC(C)(C)C)N(CCOc1ccc(C2=NCCCN2C(=O)OC(C)(C)C)cc1)C(=O)OC(C)(C)C)NC(=O)OC(C)(C)C. The van der Waals surface area contributed by atoms with Gasteiger partial charge in [0.05, 0.1) is 6.54 Å². The number of hydrogen-bond donors (Lipinski definition) is 2. The second-order valence-corrected chi connectivity index (χ2v) is 23.7. The van der Waals surface area contributed by atoms with Gasteiger partial charge in [-0.2, -0.15) is 0 Å². The Morgan fingerprint density at radius 2 is 1.03 bits per heavy atom. The summed E-state index contributed by atoms with van der Waals surface area (Å²) < 4.78 is 39.6. The van der Waals surface area contributed by atoms with Crippen LogP contribution in [0.3, 0.4) is 0 Å². The molecule has 0 spiro atoms. The molecule has 2 N–H and O–H groups in total. The normalized spacial score (nSPS) is 14.0. The van der Waals surface area contributed by atoms with Crippen molar-refractivity contribution in [3.63, 3.8) is 0 Å². The van der Waals surface area contributed by atoms with Crippen LogP contribution in [0.5, 0.6) is 5.75 Å². The van der Waals surface area contributed by atoms with Crippen LogP contribution in [0.2, 0.25) is 0 Å². The van der Waals surface area contributed by atoms with E-state index in [4.69, 9.17) is 33.2 Å². The Bertz CT molecular complexity index is 2120. The smallest absolute Gasteiger partial charge is 0.437 e. The first-order valence-electron chi connectivity index (χ1n) is 25.6. The third-order valence-electron chi connectivity index (χ3n) is 9.23. The van der Waals surface area contributed by atoms with E-state index < -0.39 is 70.2 Å². The van der Waals surface area contributed by atoms with E-state index in [0.29, 0.717) is 62.5 Å². The zero-order chi connectivity index (χ0) is 56.3. The number of carbonyl (C=O) groups is 6. The van der Waals surface area contributed by atoms with Crippen molar-refractivity contribution in [3.8, 4) is 5.75 Å². The van der Waals surface area contributed by atoms with Crippen LogP contribution in [0.4, 0.5) is 28.8 Å². The molecule has 1 aromatic carbocycles. The molecule has 1 heterocycles. The summed E-state index contributed by atoms with van der Waals surface area (Å²) >= 11 is 0.